The zero-order valence-electron chi connectivity index (χ0n) is 13.6. The average Bonchev–Trinajstić information content (AvgIpc) is 2.62. The lowest BCUT2D eigenvalue weighted by atomic mass is 10.2. The van der Waals surface area contributed by atoms with Crippen LogP contribution in [0.2, 0.25) is 5.02 Å². The van der Waals surface area contributed by atoms with Crippen LogP contribution < -0.4 is 20.3 Å². The Bertz CT molecular complexity index is 798. The summed E-state index contributed by atoms with van der Waals surface area (Å²) in [6, 6.07) is 9.58. The van der Waals surface area contributed by atoms with Crippen molar-refractivity contribution in [3.05, 3.63) is 57.0 Å². The number of hydrogen-bond donors (Lipinski definition) is 2. The molecule has 2 rings (SSSR count). The average molecular weight is 428 g/mol. The maximum atomic E-state index is 12.2. The van der Waals surface area contributed by atoms with Crippen molar-refractivity contribution < 1.29 is 19.1 Å². The third-order valence-corrected chi connectivity index (χ3v) is 4.01. The van der Waals surface area contributed by atoms with Crippen molar-refractivity contribution in [2.75, 3.05) is 13.7 Å². The van der Waals surface area contributed by atoms with E-state index >= 15 is 0 Å². The van der Waals surface area contributed by atoms with Crippen molar-refractivity contribution in [1.29, 1.82) is 0 Å². The molecule has 0 unspecified atom stereocenters. The second-order valence-electron chi connectivity index (χ2n) is 4.83. The van der Waals surface area contributed by atoms with E-state index in [4.69, 9.17) is 21.1 Å². The van der Waals surface area contributed by atoms with Crippen LogP contribution in [0.5, 0.6) is 11.5 Å². The molecule has 6 nitrogen and oxygen atoms in total. The number of benzene rings is 2. The molecule has 0 bridgehead atoms. The molecule has 25 heavy (non-hydrogen) atoms. The van der Waals surface area contributed by atoms with Gasteiger partial charge in [-0.3, -0.25) is 20.4 Å². The monoisotopic (exact) mass is 426 g/mol. The molecular weight excluding hydrogens is 412 g/mol. The number of ether oxygens (including phenoxy) is 2. The van der Waals surface area contributed by atoms with Crippen LogP contribution in [0.3, 0.4) is 0 Å². The molecule has 0 aromatic heterocycles. The molecule has 2 aromatic rings. The second kappa shape index (κ2) is 8.73. The van der Waals surface area contributed by atoms with Crippen LogP contribution in [-0.2, 0) is 0 Å². The highest BCUT2D eigenvalue weighted by molar-refractivity contribution is 9.10. The van der Waals surface area contributed by atoms with Crippen molar-refractivity contribution >= 4 is 39.3 Å². The standard InChI is InChI=1S/C17H16BrClN2O4/c1-3-25-14-7-4-10(8-15(14)24-2)16(22)20-21-17(23)12-9-11(18)5-6-13(12)19/h4-9H,3H2,1-2H3,(H,20,22)(H,21,23). The number of halogens is 2. The Morgan fingerprint density at radius 3 is 2.48 bits per heavy atom. The molecule has 132 valence electrons. The fourth-order valence-electron chi connectivity index (χ4n) is 2.01. The van der Waals surface area contributed by atoms with Crippen molar-refractivity contribution in [1.82, 2.24) is 10.9 Å². The molecule has 0 aliphatic rings. The first kappa shape index (κ1) is 19.1. The van der Waals surface area contributed by atoms with Crippen LogP contribution >= 0.6 is 27.5 Å². The molecular formula is C17H16BrClN2O4. The van der Waals surface area contributed by atoms with Crippen LogP contribution in [0.25, 0.3) is 0 Å². The number of hydrazine groups is 1. The fraction of sp³-hybridized carbons (Fsp3) is 0.176. The zero-order chi connectivity index (χ0) is 18.4. The molecule has 8 heteroatoms. The van der Waals surface area contributed by atoms with E-state index in [0.29, 0.717) is 28.1 Å². The number of amides is 2. The van der Waals surface area contributed by atoms with Crippen molar-refractivity contribution in [3.63, 3.8) is 0 Å². The first-order valence-corrected chi connectivity index (χ1v) is 8.50. The Hall–Kier alpha value is -2.25. The van der Waals surface area contributed by atoms with Gasteiger partial charge in [0.15, 0.2) is 11.5 Å². The van der Waals surface area contributed by atoms with Gasteiger partial charge in [0, 0.05) is 10.0 Å². The second-order valence-corrected chi connectivity index (χ2v) is 6.15. The fourth-order valence-corrected chi connectivity index (χ4v) is 2.57. The normalized spacial score (nSPS) is 10.1. The van der Waals surface area contributed by atoms with Gasteiger partial charge in [-0.1, -0.05) is 27.5 Å². The molecule has 2 amide bonds. The summed E-state index contributed by atoms with van der Waals surface area (Å²) in [6.45, 7) is 2.33. The van der Waals surface area contributed by atoms with E-state index in [1.807, 2.05) is 6.92 Å². The quantitative estimate of drug-likeness (QED) is 0.715. The maximum absolute atomic E-state index is 12.2. The van der Waals surface area contributed by atoms with E-state index < -0.39 is 11.8 Å². The molecule has 0 heterocycles. The van der Waals surface area contributed by atoms with Gasteiger partial charge in [0.05, 0.1) is 24.3 Å². The van der Waals surface area contributed by atoms with Crippen molar-refractivity contribution in [2.45, 2.75) is 6.92 Å². The summed E-state index contributed by atoms with van der Waals surface area (Å²) in [5.74, 6) is -0.0688. The number of carbonyl (C=O) groups excluding carboxylic acids is 2. The maximum Gasteiger partial charge on any atom is 0.271 e. The molecule has 0 saturated heterocycles. The minimum absolute atomic E-state index is 0.237. The van der Waals surface area contributed by atoms with Gasteiger partial charge in [-0.2, -0.15) is 0 Å². The number of rotatable bonds is 5. The zero-order valence-corrected chi connectivity index (χ0v) is 15.9. The van der Waals surface area contributed by atoms with Crippen LogP contribution in [0.1, 0.15) is 27.6 Å². The first-order valence-electron chi connectivity index (χ1n) is 7.32. The van der Waals surface area contributed by atoms with E-state index in [-0.39, 0.29) is 10.6 Å². The highest BCUT2D eigenvalue weighted by atomic mass is 79.9. The van der Waals surface area contributed by atoms with Gasteiger partial charge in [-0.05, 0) is 43.3 Å². The summed E-state index contributed by atoms with van der Waals surface area (Å²) < 4.78 is 11.3. The van der Waals surface area contributed by atoms with Gasteiger partial charge in [-0.25, -0.2) is 0 Å². The molecule has 0 aliphatic heterocycles. The summed E-state index contributed by atoms with van der Waals surface area (Å²) in [5.41, 5.74) is 5.21. The van der Waals surface area contributed by atoms with Crippen LogP contribution in [0, 0.1) is 0 Å². The van der Waals surface area contributed by atoms with Crippen LogP contribution in [-0.4, -0.2) is 25.5 Å². The van der Waals surface area contributed by atoms with Crippen molar-refractivity contribution in [2.24, 2.45) is 0 Å². The Morgan fingerprint density at radius 2 is 1.80 bits per heavy atom. The molecule has 0 fully saturated rings. The van der Waals surface area contributed by atoms with E-state index in [1.54, 1.807) is 30.3 Å². The topological polar surface area (TPSA) is 76.7 Å². The van der Waals surface area contributed by atoms with Crippen LogP contribution in [0.4, 0.5) is 0 Å². The molecule has 0 atom stereocenters. The molecule has 0 saturated carbocycles. The number of carbonyl (C=O) groups is 2. The van der Waals surface area contributed by atoms with E-state index in [2.05, 4.69) is 26.8 Å². The van der Waals surface area contributed by atoms with E-state index in [0.717, 1.165) is 0 Å². The summed E-state index contributed by atoms with van der Waals surface area (Å²) in [4.78, 5) is 24.3. The minimum atomic E-state index is -0.530. The summed E-state index contributed by atoms with van der Waals surface area (Å²) in [5, 5.41) is 0.276. The van der Waals surface area contributed by atoms with Gasteiger partial charge >= 0.3 is 0 Å². The van der Waals surface area contributed by atoms with Gasteiger partial charge < -0.3 is 9.47 Å². The lowest BCUT2D eigenvalue weighted by molar-refractivity contribution is 0.0846. The predicted octanol–water partition coefficient (Wildman–Crippen LogP) is 3.58. The highest BCUT2D eigenvalue weighted by Gasteiger charge is 2.14. The summed E-state index contributed by atoms with van der Waals surface area (Å²) >= 11 is 9.25. The largest absolute Gasteiger partial charge is 0.493 e. The van der Waals surface area contributed by atoms with Crippen molar-refractivity contribution in [3.8, 4) is 11.5 Å². The first-order chi connectivity index (χ1) is 12.0. The molecule has 2 aromatic carbocycles. The summed E-state index contributed by atoms with van der Waals surface area (Å²) in [6.07, 6.45) is 0. The van der Waals surface area contributed by atoms with E-state index in [1.165, 1.54) is 13.2 Å². The molecule has 0 aliphatic carbocycles. The Balaban J connectivity index is 2.07. The number of nitrogens with one attached hydrogen (secondary N) is 2. The van der Waals surface area contributed by atoms with Gasteiger partial charge in [-0.15, -0.1) is 0 Å². The molecule has 0 spiro atoms. The highest BCUT2D eigenvalue weighted by Crippen LogP contribution is 2.28. The number of hydrogen-bond acceptors (Lipinski definition) is 4. The molecule has 2 N–H and O–H groups in total. The van der Waals surface area contributed by atoms with Gasteiger partial charge in [0.1, 0.15) is 0 Å². The number of methoxy groups -OCH3 is 1. The Kier molecular flexibility index (Phi) is 6.66. The Morgan fingerprint density at radius 1 is 1.08 bits per heavy atom. The van der Waals surface area contributed by atoms with Gasteiger partial charge in [0.25, 0.3) is 11.8 Å². The molecule has 0 radical (unpaired) electrons. The SMILES string of the molecule is CCOc1ccc(C(=O)NNC(=O)c2cc(Br)ccc2Cl)cc1OC. The minimum Gasteiger partial charge on any atom is -0.493 e. The summed E-state index contributed by atoms with van der Waals surface area (Å²) in [7, 11) is 1.48. The Labute approximate surface area is 158 Å². The predicted molar refractivity (Wildman–Crippen MR) is 98.2 cm³/mol. The van der Waals surface area contributed by atoms with Crippen LogP contribution in [0.15, 0.2) is 40.9 Å². The lowest BCUT2D eigenvalue weighted by Gasteiger charge is -2.12. The third-order valence-electron chi connectivity index (χ3n) is 3.19. The smallest absolute Gasteiger partial charge is 0.271 e. The van der Waals surface area contributed by atoms with Gasteiger partial charge in [0.2, 0.25) is 0 Å². The lowest BCUT2D eigenvalue weighted by Crippen LogP contribution is -2.41. The van der Waals surface area contributed by atoms with E-state index in [9.17, 15) is 9.59 Å². The third kappa shape index (κ3) is 4.87.